The highest BCUT2D eigenvalue weighted by Crippen LogP contribution is 2.20. The number of allylic oxidation sites excluding steroid dienone is 1. The smallest absolute Gasteiger partial charge is 0.325 e. The predicted molar refractivity (Wildman–Crippen MR) is 94.2 cm³/mol. The molecule has 132 valence electrons. The van der Waals surface area contributed by atoms with Crippen LogP contribution in [0.5, 0.6) is 0 Å². The minimum atomic E-state index is -0.539. The van der Waals surface area contributed by atoms with Gasteiger partial charge in [0.05, 0.1) is 6.42 Å². The molecule has 0 saturated carbocycles. The number of hydrogen-bond donors (Lipinski definition) is 2. The third-order valence-electron chi connectivity index (χ3n) is 4.52. The molecule has 1 aliphatic carbocycles. The van der Waals surface area contributed by atoms with E-state index in [0.717, 1.165) is 25.7 Å². The zero-order valence-corrected chi connectivity index (χ0v) is 14.6. The molecule has 24 heavy (non-hydrogen) atoms. The summed E-state index contributed by atoms with van der Waals surface area (Å²) in [6.45, 7) is 5.07. The normalized spacial score (nSPS) is 14.3. The van der Waals surface area contributed by atoms with E-state index in [1.54, 1.807) is 6.92 Å². The Morgan fingerprint density at radius 1 is 1.21 bits per heavy atom. The van der Waals surface area contributed by atoms with E-state index in [0.29, 0.717) is 24.3 Å². The molecular weight excluding hydrogens is 306 g/mol. The summed E-state index contributed by atoms with van der Waals surface area (Å²) >= 11 is 0. The van der Waals surface area contributed by atoms with Crippen LogP contribution < -0.4 is 11.2 Å². The Morgan fingerprint density at radius 2 is 2.00 bits per heavy atom. The molecule has 0 fully saturated rings. The van der Waals surface area contributed by atoms with E-state index in [9.17, 15) is 14.4 Å². The number of rotatable bonds is 7. The maximum atomic E-state index is 12.6. The Bertz CT molecular complexity index is 715. The molecular formula is C18H27N3O3. The fourth-order valence-electron chi connectivity index (χ4n) is 3.14. The molecule has 0 bridgehead atoms. The molecule has 0 radical (unpaired) electrons. The molecule has 0 aromatic carbocycles. The van der Waals surface area contributed by atoms with Gasteiger partial charge in [0.2, 0.25) is 5.91 Å². The first-order chi connectivity index (χ1) is 11.5. The Kier molecular flexibility index (Phi) is 6.58. The number of carbonyl (C=O) groups is 1. The van der Waals surface area contributed by atoms with E-state index in [4.69, 9.17) is 0 Å². The van der Waals surface area contributed by atoms with Crippen LogP contribution in [-0.2, 0) is 11.2 Å². The van der Waals surface area contributed by atoms with Gasteiger partial charge in [0.15, 0.2) is 0 Å². The van der Waals surface area contributed by atoms with E-state index >= 15 is 0 Å². The largest absolute Gasteiger partial charge is 0.342 e. The summed E-state index contributed by atoms with van der Waals surface area (Å²) in [5.41, 5.74) is 1.23. The summed E-state index contributed by atoms with van der Waals surface area (Å²) in [5.74, 6) is -0.0612. The second-order valence-corrected chi connectivity index (χ2v) is 6.43. The van der Waals surface area contributed by atoms with Crippen LogP contribution in [-0.4, -0.2) is 33.9 Å². The number of aromatic nitrogens is 2. The van der Waals surface area contributed by atoms with Gasteiger partial charge in [-0.25, -0.2) is 4.79 Å². The third kappa shape index (κ3) is 4.94. The van der Waals surface area contributed by atoms with E-state index < -0.39 is 11.2 Å². The number of aryl methyl sites for hydroxylation is 1. The minimum absolute atomic E-state index is 0.0248. The van der Waals surface area contributed by atoms with Gasteiger partial charge in [-0.2, -0.15) is 0 Å². The third-order valence-corrected chi connectivity index (χ3v) is 4.52. The summed E-state index contributed by atoms with van der Waals surface area (Å²) in [4.78, 5) is 42.4. The van der Waals surface area contributed by atoms with E-state index in [2.05, 4.69) is 16.0 Å². The van der Waals surface area contributed by atoms with Gasteiger partial charge in [0, 0.05) is 24.3 Å². The van der Waals surface area contributed by atoms with Gasteiger partial charge >= 0.3 is 5.69 Å². The van der Waals surface area contributed by atoms with Gasteiger partial charge < -0.3 is 9.88 Å². The van der Waals surface area contributed by atoms with Crippen molar-refractivity contribution in [2.24, 2.45) is 0 Å². The average Bonchev–Trinajstić information content (AvgIpc) is 2.55. The highest BCUT2D eigenvalue weighted by atomic mass is 16.2. The lowest BCUT2D eigenvalue weighted by Crippen LogP contribution is -2.37. The molecule has 1 aliphatic rings. The fraction of sp³-hybridized carbons (Fsp3) is 0.611. The first kappa shape index (κ1) is 18.2. The summed E-state index contributed by atoms with van der Waals surface area (Å²) in [7, 11) is 0. The molecule has 2 rings (SSSR count). The van der Waals surface area contributed by atoms with Gasteiger partial charge in [-0.05, 0) is 45.4 Å². The number of aromatic amines is 2. The van der Waals surface area contributed by atoms with Crippen molar-refractivity contribution in [3.8, 4) is 0 Å². The van der Waals surface area contributed by atoms with Crippen molar-refractivity contribution in [3.63, 3.8) is 0 Å². The maximum absolute atomic E-state index is 12.6. The van der Waals surface area contributed by atoms with Crippen molar-refractivity contribution in [1.29, 1.82) is 0 Å². The molecule has 1 aromatic heterocycles. The second-order valence-electron chi connectivity index (χ2n) is 6.43. The average molecular weight is 333 g/mol. The number of H-pyrrole nitrogens is 2. The van der Waals surface area contributed by atoms with Gasteiger partial charge in [-0.1, -0.05) is 18.6 Å². The molecule has 0 aliphatic heterocycles. The van der Waals surface area contributed by atoms with Gasteiger partial charge in [0.25, 0.3) is 5.56 Å². The second kappa shape index (κ2) is 8.66. The molecule has 0 atom stereocenters. The molecule has 1 heterocycles. The van der Waals surface area contributed by atoms with Crippen molar-refractivity contribution in [3.05, 3.63) is 43.7 Å². The van der Waals surface area contributed by atoms with E-state index in [1.165, 1.54) is 18.4 Å². The molecule has 0 spiro atoms. The number of amides is 1. The van der Waals surface area contributed by atoms with Crippen LogP contribution in [0.1, 0.15) is 56.7 Å². The molecule has 6 nitrogen and oxygen atoms in total. The summed E-state index contributed by atoms with van der Waals surface area (Å²) in [6, 6.07) is 0. The summed E-state index contributed by atoms with van der Waals surface area (Å²) < 4.78 is 0. The highest BCUT2D eigenvalue weighted by Gasteiger charge is 2.17. The molecule has 1 aromatic rings. The van der Waals surface area contributed by atoms with Crippen molar-refractivity contribution >= 4 is 5.91 Å². The minimum Gasteiger partial charge on any atom is -0.342 e. The molecule has 1 amide bonds. The molecule has 0 saturated heterocycles. The highest BCUT2D eigenvalue weighted by molar-refractivity contribution is 5.78. The SMILES string of the molecule is CCCN(CCC1=CCCCC1)C(=O)Cc1c(C)[nH]c(=O)[nH]c1=O. The van der Waals surface area contributed by atoms with Crippen LogP contribution in [0, 0.1) is 6.92 Å². The molecule has 2 N–H and O–H groups in total. The number of carbonyl (C=O) groups excluding carboxylic acids is 1. The van der Waals surface area contributed by atoms with Crippen LogP contribution in [0.15, 0.2) is 21.2 Å². The van der Waals surface area contributed by atoms with Crippen LogP contribution in [0.4, 0.5) is 0 Å². The van der Waals surface area contributed by atoms with Crippen LogP contribution in [0.2, 0.25) is 0 Å². The Morgan fingerprint density at radius 3 is 2.62 bits per heavy atom. The van der Waals surface area contributed by atoms with Crippen molar-refractivity contribution in [2.75, 3.05) is 13.1 Å². The lowest BCUT2D eigenvalue weighted by Gasteiger charge is -2.24. The molecule has 0 unspecified atom stereocenters. The zero-order chi connectivity index (χ0) is 17.5. The number of nitrogens with zero attached hydrogens (tertiary/aromatic N) is 1. The van der Waals surface area contributed by atoms with Crippen LogP contribution in [0.25, 0.3) is 0 Å². The maximum Gasteiger partial charge on any atom is 0.325 e. The van der Waals surface area contributed by atoms with Crippen molar-refractivity contribution in [1.82, 2.24) is 14.9 Å². The first-order valence-corrected chi connectivity index (χ1v) is 8.79. The standard InChI is InChI=1S/C18H27N3O3/c1-3-10-21(11-9-14-7-5-4-6-8-14)16(22)12-15-13(2)19-18(24)20-17(15)23/h7H,3-6,8-12H2,1-2H3,(H2,19,20,23,24). The summed E-state index contributed by atoms with van der Waals surface area (Å²) in [6.07, 6.45) is 8.88. The van der Waals surface area contributed by atoms with E-state index in [-0.39, 0.29) is 12.3 Å². The monoisotopic (exact) mass is 333 g/mol. The zero-order valence-electron chi connectivity index (χ0n) is 14.6. The van der Waals surface area contributed by atoms with Gasteiger partial charge in [0.1, 0.15) is 0 Å². The number of nitrogens with one attached hydrogen (secondary N) is 2. The van der Waals surface area contributed by atoms with Crippen LogP contribution >= 0.6 is 0 Å². The fourth-order valence-corrected chi connectivity index (χ4v) is 3.14. The lowest BCUT2D eigenvalue weighted by molar-refractivity contribution is -0.130. The lowest BCUT2D eigenvalue weighted by atomic mass is 9.97. The van der Waals surface area contributed by atoms with Crippen molar-refractivity contribution in [2.45, 2.75) is 58.8 Å². The van der Waals surface area contributed by atoms with Gasteiger partial charge in [-0.15, -0.1) is 0 Å². The van der Waals surface area contributed by atoms with Crippen LogP contribution in [0.3, 0.4) is 0 Å². The topological polar surface area (TPSA) is 86.0 Å². The summed E-state index contributed by atoms with van der Waals surface area (Å²) in [5, 5.41) is 0. The van der Waals surface area contributed by atoms with E-state index in [1.807, 2.05) is 11.8 Å². The molecule has 6 heteroatoms. The Labute approximate surface area is 142 Å². The predicted octanol–water partition coefficient (Wildman–Crippen LogP) is 2.04. The Balaban J connectivity index is 2.04. The quantitative estimate of drug-likeness (QED) is 0.749. The first-order valence-electron chi connectivity index (χ1n) is 8.79. The van der Waals surface area contributed by atoms with Gasteiger partial charge in [-0.3, -0.25) is 14.6 Å². The van der Waals surface area contributed by atoms with Crippen molar-refractivity contribution < 1.29 is 4.79 Å². The number of hydrogen-bond acceptors (Lipinski definition) is 3. The Hall–Kier alpha value is -2.11.